The zero-order valence-corrected chi connectivity index (χ0v) is 20.3. The number of nitro benzene ring substituents is 1. The molecular weight excluding hydrogens is 480 g/mol. The Bertz CT molecular complexity index is 1340. The lowest BCUT2D eigenvalue weighted by molar-refractivity contribution is -0.384. The number of nitro groups is 1. The summed E-state index contributed by atoms with van der Waals surface area (Å²) in [5.74, 6) is 0.0740. The molecule has 11 heteroatoms. The van der Waals surface area contributed by atoms with Crippen LogP contribution in [0.5, 0.6) is 17.2 Å². The predicted molar refractivity (Wildman–Crippen MR) is 137 cm³/mol. The maximum absolute atomic E-state index is 13.0. The summed E-state index contributed by atoms with van der Waals surface area (Å²) in [5.41, 5.74) is 3.42. The highest BCUT2D eigenvalue weighted by Crippen LogP contribution is 2.33. The minimum atomic E-state index is -0.724. The molecule has 3 aromatic carbocycles. The Kier molecular flexibility index (Phi) is 8.92. The van der Waals surface area contributed by atoms with E-state index in [9.17, 15) is 19.7 Å². The van der Waals surface area contributed by atoms with Crippen LogP contribution in [0.25, 0.3) is 6.08 Å². The molecule has 0 radical (unpaired) electrons. The van der Waals surface area contributed by atoms with E-state index in [1.165, 1.54) is 57.9 Å². The number of hydrogen-bond donors (Lipinski definition) is 2. The van der Waals surface area contributed by atoms with Crippen molar-refractivity contribution in [1.29, 1.82) is 0 Å². The van der Waals surface area contributed by atoms with Crippen LogP contribution in [0.2, 0.25) is 0 Å². The third-order valence-electron chi connectivity index (χ3n) is 5.05. The first-order chi connectivity index (χ1) is 17.9. The molecule has 0 bridgehead atoms. The molecule has 2 N–H and O–H groups in total. The summed E-state index contributed by atoms with van der Waals surface area (Å²) in [5, 5.41) is 17.5. The van der Waals surface area contributed by atoms with Crippen molar-refractivity contribution in [1.82, 2.24) is 10.7 Å². The molecule has 2 amide bonds. The number of carbonyl (C=O) groups is 2. The Hall–Kier alpha value is -5.19. The second kappa shape index (κ2) is 12.5. The van der Waals surface area contributed by atoms with Crippen LogP contribution in [-0.2, 0) is 4.79 Å². The Labute approximate surface area is 212 Å². The van der Waals surface area contributed by atoms with E-state index in [0.29, 0.717) is 33.9 Å². The number of nitrogens with one attached hydrogen (secondary N) is 2. The van der Waals surface area contributed by atoms with Crippen LogP contribution in [0, 0.1) is 10.1 Å². The van der Waals surface area contributed by atoms with Crippen molar-refractivity contribution in [3.05, 3.63) is 99.2 Å². The molecule has 0 aliphatic rings. The number of rotatable bonds is 10. The van der Waals surface area contributed by atoms with Crippen molar-refractivity contribution in [2.45, 2.75) is 0 Å². The van der Waals surface area contributed by atoms with Gasteiger partial charge in [-0.15, -0.1) is 0 Å². The SMILES string of the molecule is COc1cc(OC)c(OC)cc1/C=N\NC(=O)/C(=C/c1ccc([N+](=O)[O-])cc1)NC(=O)c1ccccc1. The fourth-order valence-corrected chi connectivity index (χ4v) is 3.18. The second-order valence-electron chi connectivity index (χ2n) is 7.38. The summed E-state index contributed by atoms with van der Waals surface area (Å²) in [6.07, 6.45) is 2.73. The standard InChI is InChI=1S/C26H24N4O7/c1-35-22-15-24(37-3)23(36-2)14-19(22)16-27-29-26(32)21(28-25(31)18-7-5-4-6-8-18)13-17-9-11-20(12-10-17)30(33)34/h4-16H,1-3H3,(H,28,31)(H,29,32)/b21-13-,27-16-. The van der Waals surface area contributed by atoms with Gasteiger partial charge in [0.1, 0.15) is 11.4 Å². The number of nitrogens with zero attached hydrogens (tertiary/aromatic N) is 2. The van der Waals surface area contributed by atoms with Crippen LogP contribution in [0.4, 0.5) is 5.69 Å². The number of benzene rings is 3. The first-order valence-corrected chi connectivity index (χ1v) is 10.8. The third-order valence-corrected chi connectivity index (χ3v) is 5.05. The van der Waals surface area contributed by atoms with Gasteiger partial charge in [-0.05, 0) is 42.0 Å². The van der Waals surface area contributed by atoms with Gasteiger partial charge in [0.05, 0.1) is 32.5 Å². The van der Waals surface area contributed by atoms with Gasteiger partial charge in [0.25, 0.3) is 17.5 Å². The van der Waals surface area contributed by atoms with Gasteiger partial charge in [-0.2, -0.15) is 5.10 Å². The van der Waals surface area contributed by atoms with E-state index in [-0.39, 0.29) is 11.4 Å². The van der Waals surface area contributed by atoms with Crippen LogP contribution in [0.3, 0.4) is 0 Å². The zero-order chi connectivity index (χ0) is 26.8. The van der Waals surface area contributed by atoms with Gasteiger partial charge < -0.3 is 19.5 Å². The molecule has 3 rings (SSSR count). The van der Waals surface area contributed by atoms with Gasteiger partial charge in [0.2, 0.25) is 0 Å². The molecule has 0 spiro atoms. The number of amides is 2. The summed E-state index contributed by atoms with van der Waals surface area (Å²) in [6, 6.07) is 17.1. The first-order valence-electron chi connectivity index (χ1n) is 10.8. The van der Waals surface area contributed by atoms with Gasteiger partial charge in [-0.25, -0.2) is 5.43 Å². The van der Waals surface area contributed by atoms with Crippen LogP contribution >= 0.6 is 0 Å². The number of carbonyl (C=O) groups excluding carboxylic acids is 2. The number of hydrogen-bond acceptors (Lipinski definition) is 8. The van der Waals surface area contributed by atoms with Crippen molar-refractivity contribution in [2.24, 2.45) is 5.10 Å². The predicted octanol–water partition coefficient (Wildman–Crippen LogP) is 3.54. The molecule has 0 aliphatic heterocycles. The van der Waals surface area contributed by atoms with E-state index in [1.54, 1.807) is 42.5 Å². The molecule has 0 saturated carbocycles. The lowest BCUT2D eigenvalue weighted by atomic mass is 10.1. The van der Waals surface area contributed by atoms with Gasteiger partial charge in [0, 0.05) is 29.3 Å². The van der Waals surface area contributed by atoms with Gasteiger partial charge >= 0.3 is 0 Å². The normalized spacial score (nSPS) is 11.1. The van der Waals surface area contributed by atoms with Crippen LogP contribution < -0.4 is 25.0 Å². The molecule has 11 nitrogen and oxygen atoms in total. The molecule has 190 valence electrons. The minimum absolute atomic E-state index is 0.107. The maximum Gasteiger partial charge on any atom is 0.287 e. The van der Waals surface area contributed by atoms with Crippen LogP contribution in [0.15, 0.2) is 77.5 Å². The Morgan fingerprint density at radius 1 is 0.892 bits per heavy atom. The summed E-state index contributed by atoms with van der Waals surface area (Å²) in [4.78, 5) is 36.1. The molecule has 0 heterocycles. The Morgan fingerprint density at radius 2 is 1.51 bits per heavy atom. The minimum Gasteiger partial charge on any atom is -0.496 e. The molecular formula is C26H24N4O7. The summed E-state index contributed by atoms with van der Waals surface area (Å²) in [6.45, 7) is 0. The first kappa shape index (κ1) is 26.4. The summed E-state index contributed by atoms with van der Waals surface area (Å²) < 4.78 is 15.9. The molecule has 0 unspecified atom stereocenters. The zero-order valence-electron chi connectivity index (χ0n) is 20.3. The van der Waals surface area contributed by atoms with Crippen LogP contribution in [0.1, 0.15) is 21.5 Å². The number of methoxy groups -OCH3 is 3. The van der Waals surface area contributed by atoms with E-state index in [4.69, 9.17) is 14.2 Å². The average molecular weight is 504 g/mol. The molecule has 0 saturated heterocycles. The molecule has 3 aromatic rings. The third kappa shape index (κ3) is 6.92. The largest absolute Gasteiger partial charge is 0.496 e. The van der Waals surface area contributed by atoms with Gasteiger partial charge in [-0.1, -0.05) is 18.2 Å². The highest BCUT2D eigenvalue weighted by molar-refractivity contribution is 6.05. The van der Waals surface area contributed by atoms with E-state index in [2.05, 4.69) is 15.8 Å². The molecule has 0 fully saturated rings. The van der Waals surface area contributed by atoms with Crippen molar-refractivity contribution < 1.29 is 28.7 Å². The van der Waals surface area contributed by atoms with Crippen molar-refractivity contribution >= 4 is 29.8 Å². The number of non-ortho nitro benzene ring substituents is 1. The molecule has 0 atom stereocenters. The number of ether oxygens (including phenoxy) is 3. The second-order valence-corrected chi connectivity index (χ2v) is 7.38. The average Bonchev–Trinajstić information content (AvgIpc) is 2.92. The summed E-state index contributed by atoms with van der Waals surface area (Å²) >= 11 is 0. The monoisotopic (exact) mass is 504 g/mol. The highest BCUT2D eigenvalue weighted by Gasteiger charge is 2.15. The molecule has 0 aromatic heterocycles. The van der Waals surface area contributed by atoms with E-state index in [0.717, 1.165) is 0 Å². The fraction of sp³-hybridized carbons (Fsp3) is 0.115. The van der Waals surface area contributed by atoms with E-state index >= 15 is 0 Å². The lowest BCUT2D eigenvalue weighted by Gasteiger charge is -2.12. The van der Waals surface area contributed by atoms with Crippen molar-refractivity contribution in [3.8, 4) is 17.2 Å². The summed E-state index contributed by atoms with van der Waals surface area (Å²) in [7, 11) is 4.45. The topological polar surface area (TPSA) is 141 Å². The van der Waals surface area contributed by atoms with Gasteiger partial charge in [0.15, 0.2) is 11.5 Å². The highest BCUT2D eigenvalue weighted by atomic mass is 16.6. The maximum atomic E-state index is 13.0. The van der Waals surface area contributed by atoms with E-state index < -0.39 is 16.7 Å². The van der Waals surface area contributed by atoms with Gasteiger partial charge in [-0.3, -0.25) is 19.7 Å². The quantitative estimate of drug-likeness (QED) is 0.186. The smallest absolute Gasteiger partial charge is 0.287 e. The number of hydrazone groups is 1. The van der Waals surface area contributed by atoms with Crippen molar-refractivity contribution in [2.75, 3.05) is 21.3 Å². The van der Waals surface area contributed by atoms with Crippen LogP contribution in [-0.4, -0.2) is 44.3 Å². The van der Waals surface area contributed by atoms with E-state index in [1.807, 2.05) is 0 Å². The molecule has 37 heavy (non-hydrogen) atoms. The fourth-order valence-electron chi connectivity index (χ4n) is 3.18. The van der Waals surface area contributed by atoms with Crippen molar-refractivity contribution in [3.63, 3.8) is 0 Å². The Morgan fingerprint density at radius 3 is 2.11 bits per heavy atom. The Balaban J connectivity index is 1.87. The molecule has 0 aliphatic carbocycles. The lowest BCUT2D eigenvalue weighted by Crippen LogP contribution is -2.32.